The maximum atomic E-state index is 12.1. The molecule has 3 rings (SSSR count). The Balaban J connectivity index is 2.10. The van der Waals surface area contributed by atoms with Crippen molar-refractivity contribution >= 4 is 22.6 Å². The predicted molar refractivity (Wildman–Crippen MR) is 75.5 cm³/mol. The molecular formula is C14H13N3OS. The Hall–Kier alpha value is -2.01. The molecule has 0 unspecified atom stereocenters. The molecule has 0 saturated carbocycles. The van der Waals surface area contributed by atoms with Crippen LogP contribution in [-0.4, -0.2) is 20.4 Å². The second kappa shape index (κ2) is 4.59. The molecule has 0 fully saturated rings. The first-order valence-electron chi connectivity index (χ1n) is 6.08. The highest BCUT2D eigenvalue weighted by Crippen LogP contribution is 2.23. The largest absolute Gasteiger partial charge is 0.294 e. The van der Waals surface area contributed by atoms with Gasteiger partial charge in [-0.25, -0.2) is 9.50 Å². The highest BCUT2D eigenvalue weighted by molar-refractivity contribution is 7.13. The maximum absolute atomic E-state index is 12.1. The Labute approximate surface area is 114 Å². The van der Waals surface area contributed by atoms with Crippen LogP contribution >= 0.6 is 11.3 Å². The molecule has 0 aromatic carbocycles. The lowest BCUT2D eigenvalue weighted by atomic mass is 10.0. The van der Waals surface area contributed by atoms with Crippen LogP contribution in [0.15, 0.2) is 36.1 Å². The minimum absolute atomic E-state index is 0.0216. The van der Waals surface area contributed by atoms with Crippen molar-refractivity contribution < 1.29 is 4.79 Å². The number of ketones is 1. The zero-order valence-electron chi connectivity index (χ0n) is 10.7. The van der Waals surface area contributed by atoms with Gasteiger partial charge in [0.1, 0.15) is 5.01 Å². The molecule has 0 spiro atoms. The molecule has 0 aliphatic carbocycles. The van der Waals surface area contributed by atoms with E-state index in [0.717, 1.165) is 16.1 Å². The van der Waals surface area contributed by atoms with Crippen LogP contribution < -0.4 is 0 Å². The summed E-state index contributed by atoms with van der Waals surface area (Å²) in [5.74, 6) is 0.101. The molecule has 96 valence electrons. The molecule has 3 heterocycles. The van der Waals surface area contributed by atoms with Gasteiger partial charge in [-0.3, -0.25) is 4.79 Å². The van der Waals surface area contributed by atoms with Crippen LogP contribution in [-0.2, 0) is 0 Å². The molecule has 3 aromatic heterocycles. The van der Waals surface area contributed by atoms with Crippen molar-refractivity contribution in [3.8, 4) is 10.6 Å². The van der Waals surface area contributed by atoms with E-state index in [1.165, 1.54) is 0 Å². The summed E-state index contributed by atoms with van der Waals surface area (Å²) in [6.45, 7) is 3.80. The lowest BCUT2D eigenvalue weighted by molar-refractivity contribution is 0.0941. The van der Waals surface area contributed by atoms with E-state index < -0.39 is 0 Å². The second-order valence-corrected chi connectivity index (χ2v) is 5.56. The van der Waals surface area contributed by atoms with Gasteiger partial charge in [0.05, 0.1) is 17.3 Å². The number of hydrogen-bond donors (Lipinski definition) is 0. The number of nitrogens with zero attached hydrogens (tertiary/aromatic N) is 3. The van der Waals surface area contributed by atoms with Crippen molar-refractivity contribution in [2.75, 3.05) is 0 Å². The summed E-state index contributed by atoms with van der Waals surface area (Å²) < 4.78 is 1.74. The predicted octanol–water partition coefficient (Wildman–Crippen LogP) is 3.30. The van der Waals surface area contributed by atoms with Crippen molar-refractivity contribution in [1.29, 1.82) is 0 Å². The highest BCUT2D eigenvalue weighted by atomic mass is 32.1. The van der Waals surface area contributed by atoms with Gasteiger partial charge in [-0.1, -0.05) is 13.8 Å². The lowest BCUT2D eigenvalue weighted by Gasteiger charge is -2.02. The SMILES string of the molecule is CC(C)C(=O)c1cnn2cc(-c3nccs3)ccc12. The van der Waals surface area contributed by atoms with Crippen LogP contribution in [0.25, 0.3) is 16.1 Å². The van der Waals surface area contributed by atoms with E-state index >= 15 is 0 Å². The van der Waals surface area contributed by atoms with Crippen LogP contribution in [0.5, 0.6) is 0 Å². The number of Topliss-reactive ketones (excluding diaryl/α,β-unsaturated/α-hetero) is 1. The molecule has 3 aromatic rings. The number of hydrogen-bond acceptors (Lipinski definition) is 4. The smallest absolute Gasteiger partial charge is 0.169 e. The topological polar surface area (TPSA) is 47.3 Å². The first-order chi connectivity index (χ1) is 9.16. The number of rotatable bonds is 3. The molecule has 0 aliphatic rings. The van der Waals surface area contributed by atoms with Gasteiger partial charge in [-0.05, 0) is 12.1 Å². The Kier molecular flexibility index (Phi) is 2.91. The fraction of sp³-hybridized carbons (Fsp3) is 0.214. The molecule has 19 heavy (non-hydrogen) atoms. The van der Waals surface area contributed by atoms with Gasteiger partial charge >= 0.3 is 0 Å². The average molecular weight is 271 g/mol. The van der Waals surface area contributed by atoms with Crippen molar-refractivity contribution in [2.24, 2.45) is 5.92 Å². The zero-order valence-corrected chi connectivity index (χ0v) is 11.5. The molecule has 0 aliphatic heterocycles. The number of carbonyl (C=O) groups is 1. The summed E-state index contributed by atoms with van der Waals surface area (Å²) in [7, 11) is 0. The number of carbonyl (C=O) groups excluding carboxylic acids is 1. The van der Waals surface area contributed by atoms with E-state index in [1.807, 2.05) is 37.6 Å². The summed E-state index contributed by atoms with van der Waals surface area (Å²) in [5, 5.41) is 7.16. The van der Waals surface area contributed by atoms with Gasteiger partial charge in [-0.2, -0.15) is 5.10 Å². The quantitative estimate of drug-likeness (QED) is 0.687. The number of aromatic nitrogens is 3. The Morgan fingerprint density at radius 1 is 1.37 bits per heavy atom. The number of fused-ring (bicyclic) bond motifs is 1. The third-order valence-corrected chi connectivity index (χ3v) is 3.81. The molecule has 0 atom stereocenters. The Morgan fingerprint density at radius 2 is 2.21 bits per heavy atom. The molecule has 0 radical (unpaired) electrons. The Bertz CT molecular complexity index is 728. The van der Waals surface area contributed by atoms with Crippen LogP contribution in [0, 0.1) is 5.92 Å². The van der Waals surface area contributed by atoms with Crippen molar-refractivity contribution in [3.05, 3.63) is 41.7 Å². The summed E-state index contributed by atoms with van der Waals surface area (Å²) in [6, 6.07) is 3.91. The lowest BCUT2D eigenvalue weighted by Crippen LogP contribution is -2.06. The highest BCUT2D eigenvalue weighted by Gasteiger charge is 2.16. The van der Waals surface area contributed by atoms with Crippen LogP contribution in [0.1, 0.15) is 24.2 Å². The van der Waals surface area contributed by atoms with Gasteiger partial charge in [0.15, 0.2) is 5.78 Å². The number of thiazole rings is 1. The minimum atomic E-state index is -0.0216. The zero-order chi connectivity index (χ0) is 13.4. The van der Waals surface area contributed by atoms with Crippen molar-refractivity contribution in [3.63, 3.8) is 0 Å². The fourth-order valence-electron chi connectivity index (χ4n) is 1.98. The van der Waals surface area contributed by atoms with Gasteiger partial charge in [0.25, 0.3) is 0 Å². The molecule has 0 bridgehead atoms. The number of pyridine rings is 1. The van der Waals surface area contributed by atoms with E-state index in [-0.39, 0.29) is 11.7 Å². The summed E-state index contributed by atoms with van der Waals surface area (Å²) >= 11 is 1.58. The minimum Gasteiger partial charge on any atom is -0.294 e. The Morgan fingerprint density at radius 3 is 2.89 bits per heavy atom. The summed E-state index contributed by atoms with van der Waals surface area (Å²) in [6.07, 6.45) is 5.33. The molecule has 0 N–H and O–H groups in total. The standard InChI is InChI=1S/C14H13N3OS/c1-9(2)13(18)11-7-16-17-8-10(3-4-12(11)17)14-15-5-6-19-14/h3-9H,1-2H3. The van der Waals surface area contributed by atoms with E-state index in [0.29, 0.717) is 5.56 Å². The second-order valence-electron chi connectivity index (χ2n) is 4.66. The van der Waals surface area contributed by atoms with Crippen LogP contribution in [0.3, 0.4) is 0 Å². The van der Waals surface area contributed by atoms with Crippen molar-refractivity contribution in [1.82, 2.24) is 14.6 Å². The third kappa shape index (κ3) is 2.06. The van der Waals surface area contributed by atoms with E-state index in [4.69, 9.17) is 0 Å². The first-order valence-corrected chi connectivity index (χ1v) is 6.96. The van der Waals surface area contributed by atoms with Crippen molar-refractivity contribution in [2.45, 2.75) is 13.8 Å². The fourth-order valence-corrected chi connectivity index (χ4v) is 2.61. The van der Waals surface area contributed by atoms with E-state index in [2.05, 4.69) is 10.1 Å². The normalized spacial score (nSPS) is 11.3. The van der Waals surface area contributed by atoms with E-state index in [9.17, 15) is 4.79 Å². The van der Waals surface area contributed by atoms with Gasteiger partial charge in [-0.15, -0.1) is 11.3 Å². The molecule has 0 saturated heterocycles. The monoisotopic (exact) mass is 271 g/mol. The van der Waals surface area contributed by atoms with E-state index in [1.54, 1.807) is 28.2 Å². The summed E-state index contributed by atoms with van der Waals surface area (Å²) in [5.41, 5.74) is 2.54. The molecule has 4 nitrogen and oxygen atoms in total. The van der Waals surface area contributed by atoms with Gasteiger partial charge in [0.2, 0.25) is 0 Å². The van der Waals surface area contributed by atoms with Gasteiger partial charge < -0.3 is 0 Å². The maximum Gasteiger partial charge on any atom is 0.169 e. The molecule has 5 heteroatoms. The first kappa shape index (κ1) is 12.0. The van der Waals surface area contributed by atoms with Gasteiger partial charge in [0, 0.05) is 29.3 Å². The average Bonchev–Trinajstić information content (AvgIpc) is 3.06. The third-order valence-electron chi connectivity index (χ3n) is 2.99. The van der Waals surface area contributed by atoms with Crippen LogP contribution in [0.4, 0.5) is 0 Å². The molecule has 0 amide bonds. The van der Waals surface area contributed by atoms with Crippen LogP contribution in [0.2, 0.25) is 0 Å². The molecular weight excluding hydrogens is 258 g/mol. The summed E-state index contributed by atoms with van der Waals surface area (Å²) in [4.78, 5) is 16.3.